The Labute approximate surface area is 73.5 Å². The van der Waals surface area contributed by atoms with Crippen molar-refractivity contribution in [3.8, 4) is 0 Å². The average molecular weight is 190 g/mol. The van der Waals surface area contributed by atoms with Gasteiger partial charge in [0.1, 0.15) is 13.2 Å². The lowest BCUT2D eigenvalue weighted by Crippen LogP contribution is -2.41. The molecule has 0 bridgehead atoms. The van der Waals surface area contributed by atoms with E-state index in [9.17, 15) is 14.4 Å². The Kier molecular flexibility index (Phi) is 5.15. The molecule has 0 aliphatic heterocycles. The minimum absolute atomic E-state index is 0.295. The van der Waals surface area contributed by atoms with E-state index in [2.05, 4.69) is 16.1 Å². The highest BCUT2D eigenvalue weighted by molar-refractivity contribution is 5.94. The Bertz CT molecular complexity index is 217. The van der Waals surface area contributed by atoms with Crippen LogP contribution in [0.3, 0.4) is 0 Å². The van der Waals surface area contributed by atoms with Crippen LogP contribution in [0, 0.1) is 0 Å². The van der Waals surface area contributed by atoms with E-state index < -0.39 is 17.8 Å². The van der Waals surface area contributed by atoms with Crippen molar-refractivity contribution in [3.05, 3.63) is 0 Å². The Morgan fingerprint density at radius 1 is 1.23 bits per heavy atom. The quantitative estimate of drug-likeness (QED) is 0.274. The van der Waals surface area contributed by atoms with Crippen LogP contribution in [0.4, 0.5) is 4.79 Å². The smallest absolute Gasteiger partial charge is 0.318 e. The maximum absolute atomic E-state index is 10.6. The van der Waals surface area contributed by atoms with E-state index in [1.807, 2.05) is 0 Å². The van der Waals surface area contributed by atoms with Crippen molar-refractivity contribution in [3.63, 3.8) is 0 Å². The maximum atomic E-state index is 10.6. The molecule has 13 heavy (non-hydrogen) atoms. The number of rotatable bonds is 5. The molecule has 0 saturated heterocycles. The van der Waals surface area contributed by atoms with Gasteiger partial charge in [0.2, 0.25) is 11.8 Å². The van der Waals surface area contributed by atoms with Gasteiger partial charge in [-0.15, -0.1) is 0 Å². The van der Waals surface area contributed by atoms with E-state index in [1.54, 1.807) is 5.32 Å². The van der Waals surface area contributed by atoms with Crippen LogP contribution in [-0.2, 0) is 14.4 Å². The number of nitrogens with one attached hydrogen (secondary N) is 2. The van der Waals surface area contributed by atoms with Crippen LogP contribution in [0.5, 0.6) is 0 Å². The molecule has 0 fully saturated rings. The predicted molar refractivity (Wildman–Crippen MR) is 40.9 cm³/mol. The van der Waals surface area contributed by atoms with Gasteiger partial charge in [0, 0.05) is 0 Å². The summed E-state index contributed by atoms with van der Waals surface area (Å²) < 4.78 is 0. The summed E-state index contributed by atoms with van der Waals surface area (Å²) in [4.78, 5) is 35.2. The summed E-state index contributed by atoms with van der Waals surface area (Å²) in [5.74, 6) is -1.35. The van der Waals surface area contributed by atoms with Crippen molar-refractivity contribution in [2.75, 3.05) is 13.2 Å². The van der Waals surface area contributed by atoms with E-state index in [-0.39, 0.29) is 13.2 Å². The van der Waals surface area contributed by atoms with E-state index in [0.717, 1.165) is 0 Å². The largest absolute Gasteiger partial charge is 0.368 e. The van der Waals surface area contributed by atoms with Crippen LogP contribution in [0.2, 0.25) is 0 Å². The van der Waals surface area contributed by atoms with E-state index >= 15 is 0 Å². The van der Waals surface area contributed by atoms with Gasteiger partial charge in [0.05, 0.1) is 0 Å². The highest BCUT2D eigenvalue weighted by Gasteiger charge is 2.03. The summed E-state index contributed by atoms with van der Waals surface area (Å²) in [6.45, 7) is -0.653. The SMILES string of the molecule is NC(=O)CONCC(=O)NC(N)=O. The van der Waals surface area contributed by atoms with Gasteiger partial charge < -0.3 is 11.5 Å². The molecule has 0 aliphatic carbocycles. The molecule has 0 radical (unpaired) electrons. The first-order valence-corrected chi connectivity index (χ1v) is 3.24. The molecule has 0 saturated carbocycles. The molecule has 0 aliphatic rings. The molecule has 0 aromatic heterocycles. The third-order valence-corrected chi connectivity index (χ3v) is 0.812. The summed E-state index contributed by atoms with van der Waals surface area (Å²) >= 11 is 0. The molecule has 74 valence electrons. The van der Waals surface area contributed by atoms with E-state index in [4.69, 9.17) is 5.73 Å². The van der Waals surface area contributed by atoms with Crippen LogP contribution >= 0.6 is 0 Å². The van der Waals surface area contributed by atoms with Gasteiger partial charge in [0.25, 0.3) is 0 Å². The molecule has 0 rings (SSSR count). The highest BCUT2D eigenvalue weighted by atomic mass is 16.6. The lowest BCUT2D eigenvalue weighted by molar-refractivity contribution is -0.129. The average Bonchev–Trinajstić information content (AvgIpc) is 1.96. The Hall–Kier alpha value is -1.67. The van der Waals surface area contributed by atoms with Crippen molar-refractivity contribution >= 4 is 17.8 Å². The first kappa shape index (κ1) is 11.3. The van der Waals surface area contributed by atoms with Gasteiger partial charge in [-0.3, -0.25) is 19.7 Å². The van der Waals surface area contributed by atoms with Gasteiger partial charge >= 0.3 is 6.03 Å². The number of carbonyl (C=O) groups is 3. The van der Waals surface area contributed by atoms with Crippen LogP contribution < -0.4 is 22.3 Å². The second kappa shape index (κ2) is 5.91. The Balaban J connectivity index is 3.37. The van der Waals surface area contributed by atoms with Crippen molar-refractivity contribution in [2.24, 2.45) is 11.5 Å². The van der Waals surface area contributed by atoms with Crippen molar-refractivity contribution in [1.82, 2.24) is 10.8 Å². The first-order chi connectivity index (χ1) is 6.02. The van der Waals surface area contributed by atoms with Gasteiger partial charge in [-0.1, -0.05) is 0 Å². The van der Waals surface area contributed by atoms with Gasteiger partial charge in [0.15, 0.2) is 0 Å². The molecular formula is C5H10N4O4. The van der Waals surface area contributed by atoms with Crippen LogP contribution in [0.25, 0.3) is 0 Å². The fraction of sp³-hybridized carbons (Fsp3) is 0.400. The number of carbonyl (C=O) groups excluding carboxylic acids is 3. The molecule has 8 nitrogen and oxygen atoms in total. The molecule has 0 heterocycles. The minimum Gasteiger partial charge on any atom is -0.368 e. The zero-order valence-corrected chi connectivity index (χ0v) is 6.70. The molecule has 4 amide bonds. The summed E-state index contributed by atoms with van der Waals surface area (Å²) in [7, 11) is 0. The fourth-order valence-corrected chi connectivity index (χ4v) is 0.420. The van der Waals surface area contributed by atoms with Gasteiger partial charge in [-0.25, -0.2) is 4.79 Å². The van der Waals surface area contributed by atoms with Gasteiger partial charge in [-0.2, -0.15) is 5.48 Å². The topological polar surface area (TPSA) is 137 Å². The monoisotopic (exact) mass is 190 g/mol. The normalized spacial score (nSPS) is 9.23. The van der Waals surface area contributed by atoms with Crippen molar-refractivity contribution < 1.29 is 19.2 Å². The third kappa shape index (κ3) is 8.23. The number of primary amides is 2. The molecule has 0 spiro atoms. The number of amides is 4. The first-order valence-electron chi connectivity index (χ1n) is 3.24. The fourth-order valence-electron chi connectivity index (χ4n) is 0.420. The summed E-state index contributed by atoms with van der Waals surface area (Å²) in [5.41, 5.74) is 11.4. The molecule has 0 atom stereocenters. The van der Waals surface area contributed by atoms with Crippen molar-refractivity contribution in [1.29, 1.82) is 0 Å². The number of hydrogen-bond donors (Lipinski definition) is 4. The standard InChI is InChI=1S/C5H10N4O4/c6-3(10)2-13-8-1-4(11)9-5(7)12/h8H,1-2H2,(H2,6,10)(H3,7,9,11,12). The number of hydrogen-bond acceptors (Lipinski definition) is 5. The third-order valence-electron chi connectivity index (χ3n) is 0.812. The molecular weight excluding hydrogens is 180 g/mol. The van der Waals surface area contributed by atoms with Crippen LogP contribution in [-0.4, -0.2) is 31.0 Å². The second-order valence-electron chi connectivity index (χ2n) is 1.99. The summed E-state index contributed by atoms with van der Waals surface area (Å²) in [5, 5.41) is 1.77. The summed E-state index contributed by atoms with van der Waals surface area (Å²) in [6.07, 6.45) is 0. The van der Waals surface area contributed by atoms with E-state index in [0.29, 0.717) is 0 Å². The molecule has 0 unspecified atom stereocenters. The number of urea groups is 1. The number of nitrogens with two attached hydrogens (primary N) is 2. The molecule has 0 aromatic rings. The van der Waals surface area contributed by atoms with Crippen LogP contribution in [0.15, 0.2) is 0 Å². The zero-order chi connectivity index (χ0) is 10.3. The second-order valence-corrected chi connectivity index (χ2v) is 1.99. The highest BCUT2D eigenvalue weighted by Crippen LogP contribution is 1.67. The number of imide groups is 1. The zero-order valence-electron chi connectivity index (χ0n) is 6.70. The Morgan fingerprint density at radius 3 is 2.31 bits per heavy atom. The maximum Gasteiger partial charge on any atom is 0.318 e. The lowest BCUT2D eigenvalue weighted by Gasteiger charge is -2.02. The Morgan fingerprint density at radius 2 is 1.85 bits per heavy atom. The lowest BCUT2D eigenvalue weighted by atomic mass is 10.6. The molecule has 8 heteroatoms. The predicted octanol–water partition coefficient (Wildman–Crippen LogP) is -2.81. The molecule has 0 aromatic carbocycles. The van der Waals surface area contributed by atoms with Crippen LogP contribution in [0.1, 0.15) is 0 Å². The minimum atomic E-state index is -0.957. The van der Waals surface area contributed by atoms with Crippen molar-refractivity contribution in [2.45, 2.75) is 0 Å². The van der Waals surface area contributed by atoms with Gasteiger partial charge in [-0.05, 0) is 0 Å². The number of hydroxylamine groups is 1. The van der Waals surface area contributed by atoms with E-state index in [1.165, 1.54) is 0 Å². The summed E-state index contributed by atoms with van der Waals surface area (Å²) in [6, 6.07) is -0.957. The molecule has 6 N–H and O–H groups in total.